The molecule has 0 saturated heterocycles. The van der Waals surface area contributed by atoms with Crippen LogP contribution in [0.3, 0.4) is 0 Å². The fraction of sp³-hybridized carbons (Fsp3) is 0.111. The van der Waals surface area contributed by atoms with Crippen molar-refractivity contribution in [1.29, 1.82) is 0 Å². The summed E-state index contributed by atoms with van der Waals surface area (Å²) in [6.45, 7) is 0. The summed E-state index contributed by atoms with van der Waals surface area (Å²) in [5.74, 6) is 0. The zero-order chi connectivity index (χ0) is 13.1. The standard InChI is InChI=1S/C18H15Br/c19-18-13-7-6-12-17(18)16-11-5-4-10-15(16)14-8-2-1-3-9-14/h1-5,7-11,13H,6,12H2. The molecule has 0 radical (unpaired) electrons. The highest BCUT2D eigenvalue weighted by molar-refractivity contribution is 9.12. The van der Waals surface area contributed by atoms with Gasteiger partial charge in [-0.1, -0.05) is 82.7 Å². The number of hydrogen-bond donors (Lipinski definition) is 0. The van der Waals surface area contributed by atoms with Crippen LogP contribution in [0.5, 0.6) is 0 Å². The van der Waals surface area contributed by atoms with Gasteiger partial charge in [0.2, 0.25) is 0 Å². The van der Waals surface area contributed by atoms with Gasteiger partial charge in [0, 0.05) is 4.48 Å². The molecule has 3 rings (SSSR count). The summed E-state index contributed by atoms with van der Waals surface area (Å²) >= 11 is 3.69. The molecule has 1 aliphatic rings. The van der Waals surface area contributed by atoms with E-state index < -0.39 is 0 Å². The fourth-order valence-corrected chi connectivity index (χ4v) is 3.11. The number of rotatable bonds is 2. The molecule has 0 heterocycles. The first kappa shape index (κ1) is 12.4. The van der Waals surface area contributed by atoms with Gasteiger partial charge in [-0.3, -0.25) is 0 Å². The summed E-state index contributed by atoms with van der Waals surface area (Å²) in [5, 5.41) is 0. The van der Waals surface area contributed by atoms with Crippen LogP contribution < -0.4 is 0 Å². The molecule has 2 aromatic rings. The number of halogens is 1. The van der Waals surface area contributed by atoms with Crippen molar-refractivity contribution in [2.75, 3.05) is 0 Å². The topological polar surface area (TPSA) is 0 Å². The SMILES string of the molecule is BrC1=C(c2ccccc2-c2ccccc2)CCC=C1. The maximum atomic E-state index is 3.69. The van der Waals surface area contributed by atoms with Gasteiger partial charge in [0.25, 0.3) is 0 Å². The van der Waals surface area contributed by atoms with Crippen molar-refractivity contribution in [1.82, 2.24) is 0 Å². The molecule has 2 aromatic carbocycles. The first-order valence-electron chi connectivity index (χ1n) is 6.56. The second kappa shape index (κ2) is 5.58. The van der Waals surface area contributed by atoms with Crippen molar-refractivity contribution in [2.45, 2.75) is 12.8 Å². The minimum atomic E-state index is 1.10. The third-order valence-corrected chi connectivity index (χ3v) is 4.19. The Bertz CT molecular complexity index is 636. The van der Waals surface area contributed by atoms with Crippen LogP contribution >= 0.6 is 15.9 Å². The van der Waals surface area contributed by atoms with E-state index >= 15 is 0 Å². The van der Waals surface area contributed by atoms with Gasteiger partial charge < -0.3 is 0 Å². The molecule has 19 heavy (non-hydrogen) atoms. The van der Waals surface area contributed by atoms with E-state index in [1.54, 1.807) is 0 Å². The Morgan fingerprint density at radius 3 is 2.21 bits per heavy atom. The molecule has 0 nitrogen and oxygen atoms in total. The van der Waals surface area contributed by atoms with Gasteiger partial charge in [0.15, 0.2) is 0 Å². The third kappa shape index (κ3) is 2.57. The van der Waals surface area contributed by atoms with E-state index in [-0.39, 0.29) is 0 Å². The van der Waals surface area contributed by atoms with Crippen LogP contribution in [0, 0.1) is 0 Å². The molecule has 1 aliphatic carbocycles. The van der Waals surface area contributed by atoms with Gasteiger partial charge in [0.05, 0.1) is 0 Å². The van der Waals surface area contributed by atoms with E-state index in [0.717, 1.165) is 12.8 Å². The second-order valence-corrected chi connectivity index (χ2v) is 5.53. The number of benzene rings is 2. The minimum Gasteiger partial charge on any atom is -0.0831 e. The van der Waals surface area contributed by atoms with E-state index in [9.17, 15) is 0 Å². The molecule has 0 fully saturated rings. The van der Waals surface area contributed by atoms with Crippen LogP contribution in [-0.2, 0) is 0 Å². The Kier molecular flexibility index (Phi) is 3.65. The van der Waals surface area contributed by atoms with Crippen molar-refractivity contribution in [3.8, 4) is 11.1 Å². The molecule has 0 bridgehead atoms. The van der Waals surface area contributed by atoms with Crippen molar-refractivity contribution < 1.29 is 0 Å². The van der Waals surface area contributed by atoms with Crippen molar-refractivity contribution in [3.63, 3.8) is 0 Å². The van der Waals surface area contributed by atoms with Crippen molar-refractivity contribution in [2.24, 2.45) is 0 Å². The molecule has 1 heteroatoms. The maximum Gasteiger partial charge on any atom is 0.0210 e. The van der Waals surface area contributed by atoms with Crippen LogP contribution in [-0.4, -0.2) is 0 Å². The Morgan fingerprint density at radius 2 is 1.47 bits per heavy atom. The van der Waals surface area contributed by atoms with Crippen LogP contribution in [0.25, 0.3) is 16.7 Å². The zero-order valence-electron chi connectivity index (χ0n) is 10.6. The van der Waals surface area contributed by atoms with E-state index in [1.165, 1.54) is 26.7 Å². The predicted octanol–water partition coefficient (Wildman–Crippen LogP) is 5.81. The first-order chi connectivity index (χ1) is 9.36. The highest BCUT2D eigenvalue weighted by atomic mass is 79.9. The lowest BCUT2D eigenvalue weighted by Crippen LogP contribution is -1.94. The molecular formula is C18H15Br. The number of allylic oxidation sites excluding steroid dienone is 4. The van der Waals surface area contributed by atoms with Crippen LogP contribution in [0.2, 0.25) is 0 Å². The van der Waals surface area contributed by atoms with E-state index in [0.29, 0.717) is 0 Å². The third-order valence-electron chi connectivity index (χ3n) is 3.45. The molecule has 94 valence electrons. The average molecular weight is 311 g/mol. The summed E-state index contributed by atoms with van der Waals surface area (Å²) in [6, 6.07) is 19.2. The predicted molar refractivity (Wildman–Crippen MR) is 86.1 cm³/mol. The Hall–Kier alpha value is -1.60. The van der Waals surface area contributed by atoms with Gasteiger partial charge >= 0.3 is 0 Å². The molecule has 0 unspecified atom stereocenters. The minimum absolute atomic E-state index is 1.10. The van der Waals surface area contributed by atoms with Gasteiger partial charge in [0.1, 0.15) is 0 Å². The molecule has 0 amide bonds. The lowest BCUT2D eigenvalue weighted by Gasteiger charge is -2.16. The summed E-state index contributed by atoms with van der Waals surface area (Å²) in [5.41, 5.74) is 5.33. The second-order valence-electron chi connectivity index (χ2n) is 4.68. The monoisotopic (exact) mass is 310 g/mol. The molecule has 0 aromatic heterocycles. The fourth-order valence-electron chi connectivity index (χ4n) is 2.51. The van der Waals surface area contributed by atoms with Gasteiger partial charge in [-0.25, -0.2) is 0 Å². The van der Waals surface area contributed by atoms with Gasteiger partial charge in [-0.05, 0) is 35.1 Å². The lowest BCUT2D eigenvalue weighted by atomic mass is 9.90. The normalized spacial score (nSPS) is 14.8. The summed E-state index contributed by atoms with van der Waals surface area (Å²) in [4.78, 5) is 0. The maximum absolute atomic E-state index is 3.69. The molecule has 0 N–H and O–H groups in total. The van der Waals surface area contributed by atoms with Crippen LogP contribution in [0.15, 0.2) is 71.2 Å². The molecule has 0 aliphatic heterocycles. The molecule has 0 atom stereocenters. The van der Waals surface area contributed by atoms with E-state index in [2.05, 4.69) is 82.7 Å². The Morgan fingerprint density at radius 1 is 0.789 bits per heavy atom. The summed E-state index contributed by atoms with van der Waals surface area (Å²) in [7, 11) is 0. The zero-order valence-corrected chi connectivity index (χ0v) is 12.2. The smallest absolute Gasteiger partial charge is 0.0210 e. The van der Waals surface area contributed by atoms with Gasteiger partial charge in [-0.15, -0.1) is 0 Å². The van der Waals surface area contributed by atoms with Crippen molar-refractivity contribution >= 4 is 21.5 Å². The van der Waals surface area contributed by atoms with Crippen LogP contribution in [0.1, 0.15) is 18.4 Å². The van der Waals surface area contributed by atoms with Crippen molar-refractivity contribution in [3.05, 3.63) is 76.8 Å². The molecule has 0 spiro atoms. The number of hydrogen-bond acceptors (Lipinski definition) is 0. The molecule has 0 saturated carbocycles. The van der Waals surface area contributed by atoms with E-state index in [4.69, 9.17) is 0 Å². The summed E-state index contributed by atoms with van der Waals surface area (Å²) < 4.78 is 1.21. The van der Waals surface area contributed by atoms with Gasteiger partial charge in [-0.2, -0.15) is 0 Å². The first-order valence-corrected chi connectivity index (χ1v) is 7.35. The largest absolute Gasteiger partial charge is 0.0831 e. The highest BCUT2D eigenvalue weighted by Gasteiger charge is 2.13. The lowest BCUT2D eigenvalue weighted by molar-refractivity contribution is 1.05. The van der Waals surface area contributed by atoms with E-state index in [1.807, 2.05) is 0 Å². The Balaban J connectivity index is 2.16. The summed E-state index contributed by atoms with van der Waals surface area (Å²) in [6.07, 6.45) is 6.60. The quantitative estimate of drug-likeness (QED) is 0.656. The average Bonchev–Trinajstić information content (AvgIpc) is 2.49. The Labute approximate surface area is 122 Å². The van der Waals surface area contributed by atoms with Crippen LogP contribution in [0.4, 0.5) is 0 Å². The molecular weight excluding hydrogens is 296 g/mol. The highest BCUT2D eigenvalue weighted by Crippen LogP contribution is 2.37.